The minimum absolute atomic E-state index is 0.624. The smallest absolute Gasteiger partial charge is 0.111 e. The molecule has 96 valence electrons. The van der Waals surface area contributed by atoms with Crippen molar-refractivity contribution >= 4 is 34.5 Å². The predicted molar refractivity (Wildman–Crippen MR) is 81.2 cm³/mol. The van der Waals surface area contributed by atoms with Crippen LogP contribution in [0.3, 0.4) is 0 Å². The minimum atomic E-state index is 0.624. The molecule has 0 atom stereocenters. The molecule has 0 aliphatic heterocycles. The van der Waals surface area contributed by atoms with E-state index >= 15 is 0 Å². The van der Waals surface area contributed by atoms with Crippen LogP contribution in [0.1, 0.15) is 10.7 Å². The Bertz CT molecular complexity index is 689. The van der Waals surface area contributed by atoms with Crippen LogP contribution in [0.25, 0.3) is 11.3 Å². The number of H-pyrrole nitrogens is 1. The number of rotatable bonds is 3. The second kappa shape index (κ2) is 5.37. The molecule has 0 spiro atoms. The monoisotopic (exact) mass is 308 g/mol. The second-order valence-electron chi connectivity index (χ2n) is 4.12. The van der Waals surface area contributed by atoms with Gasteiger partial charge in [-0.2, -0.15) is 0 Å². The largest absolute Gasteiger partial charge is 0.342 e. The van der Waals surface area contributed by atoms with Gasteiger partial charge in [-0.3, -0.25) is 0 Å². The van der Waals surface area contributed by atoms with Crippen molar-refractivity contribution in [1.29, 1.82) is 0 Å². The quantitative estimate of drug-likeness (QED) is 0.721. The van der Waals surface area contributed by atoms with E-state index in [4.69, 9.17) is 23.2 Å². The van der Waals surface area contributed by atoms with E-state index in [1.54, 1.807) is 23.6 Å². The zero-order chi connectivity index (χ0) is 13.2. The molecule has 0 unspecified atom stereocenters. The summed E-state index contributed by atoms with van der Waals surface area (Å²) in [5.74, 6) is 0.934. The highest BCUT2D eigenvalue weighted by Gasteiger charge is 2.08. The maximum Gasteiger partial charge on any atom is 0.111 e. The number of aromatic amines is 1. The van der Waals surface area contributed by atoms with Gasteiger partial charge in [0.1, 0.15) is 5.82 Å². The van der Waals surface area contributed by atoms with E-state index in [1.165, 1.54) is 4.88 Å². The molecule has 2 nitrogen and oxygen atoms in total. The van der Waals surface area contributed by atoms with Crippen molar-refractivity contribution in [3.8, 4) is 11.3 Å². The van der Waals surface area contributed by atoms with Crippen LogP contribution < -0.4 is 0 Å². The molecule has 0 aliphatic rings. The van der Waals surface area contributed by atoms with Gasteiger partial charge in [0.25, 0.3) is 0 Å². The number of thiophene rings is 1. The van der Waals surface area contributed by atoms with Gasteiger partial charge < -0.3 is 4.98 Å². The van der Waals surface area contributed by atoms with Crippen molar-refractivity contribution in [2.24, 2.45) is 0 Å². The zero-order valence-electron chi connectivity index (χ0n) is 9.86. The van der Waals surface area contributed by atoms with E-state index in [0.717, 1.165) is 23.5 Å². The molecule has 3 aromatic rings. The lowest BCUT2D eigenvalue weighted by Crippen LogP contribution is -1.87. The molecule has 2 heterocycles. The summed E-state index contributed by atoms with van der Waals surface area (Å²) >= 11 is 13.8. The predicted octanol–water partition coefficient (Wildman–Crippen LogP) is 5.04. The first-order chi connectivity index (χ1) is 9.22. The molecule has 0 saturated heterocycles. The van der Waals surface area contributed by atoms with Crippen LogP contribution >= 0.6 is 34.5 Å². The van der Waals surface area contributed by atoms with Crippen molar-refractivity contribution in [1.82, 2.24) is 9.97 Å². The van der Waals surface area contributed by atoms with E-state index in [2.05, 4.69) is 21.4 Å². The van der Waals surface area contributed by atoms with E-state index in [-0.39, 0.29) is 0 Å². The lowest BCUT2D eigenvalue weighted by molar-refractivity contribution is 1.05. The topological polar surface area (TPSA) is 28.7 Å². The normalized spacial score (nSPS) is 10.8. The third-order valence-electron chi connectivity index (χ3n) is 2.77. The third-order valence-corrected chi connectivity index (χ3v) is 4.20. The van der Waals surface area contributed by atoms with E-state index in [0.29, 0.717) is 10.0 Å². The number of nitrogens with one attached hydrogen (secondary N) is 1. The van der Waals surface area contributed by atoms with Crippen LogP contribution in [-0.4, -0.2) is 9.97 Å². The lowest BCUT2D eigenvalue weighted by Gasteiger charge is -2.01. The Morgan fingerprint density at radius 3 is 2.84 bits per heavy atom. The Morgan fingerprint density at radius 1 is 1.21 bits per heavy atom. The fourth-order valence-corrected chi connectivity index (χ4v) is 3.09. The van der Waals surface area contributed by atoms with Crippen molar-refractivity contribution in [2.75, 3.05) is 0 Å². The summed E-state index contributed by atoms with van der Waals surface area (Å²) in [6.45, 7) is 0. The van der Waals surface area contributed by atoms with Crippen LogP contribution in [0.4, 0.5) is 0 Å². The molecule has 0 fully saturated rings. The number of aromatic nitrogens is 2. The van der Waals surface area contributed by atoms with Gasteiger partial charge in [0.05, 0.1) is 16.9 Å². The van der Waals surface area contributed by atoms with Crippen molar-refractivity contribution in [3.63, 3.8) is 0 Å². The average molecular weight is 309 g/mol. The first kappa shape index (κ1) is 12.7. The van der Waals surface area contributed by atoms with Gasteiger partial charge in [0, 0.05) is 21.9 Å². The Kier molecular flexibility index (Phi) is 3.60. The molecular formula is C14H10Cl2N2S. The summed E-state index contributed by atoms with van der Waals surface area (Å²) in [6.07, 6.45) is 2.61. The maximum atomic E-state index is 6.19. The molecule has 0 amide bonds. The fraction of sp³-hybridized carbons (Fsp3) is 0.0714. The summed E-state index contributed by atoms with van der Waals surface area (Å²) in [5, 5.41) is 3.32. The third kappa shape index (κ3) is 2.84. The average Bonchev–Trinajstić information content (AvgIpc) is 3.01. The Labute approximate surface area is 125 Å². The Balaban J connectivity index is 1.88. The van der Waals surface area contributed by atoms with E-state index in [1.807, 2.05) is 18.2 Å². The minimum Gasteiger partial charge on any atom is -0.342 e. The zero-order valence-corrected chi connectivity index (χ0v) is 12.2. The number of benzene rings is 1. The highest BCUT2D eigenvalue weighted by atomic mass is 35.5. The van der Waals surface area contributed by atoms with E-state index in [9.17, 15) is 0 Å². The molecule has 0 saturated carbocycles. The van der Waals surface area contributed by atoms with Crippen molar-refractivity contribution in [2.45, 2.75) is 6.42 Å². The lowest BCUT2D eigenvalue weighted by atomic mass is 10.2. The van der Waals surface area contributed by atoms with Gasteiger partial charge in [-0.25, -0.2) is 4.98 Å². The molecule has 0 radical (unpaired) electrons. The number of nitrogens with zero attached hydrogens (tertiary/aromatic N) is 1. The summed E-state index contributed by atoms with van der Waals surface area (Å²) in [7, 11) is 0. The number of hydrogen-bond acceptors (Lipinski definition) is 2. The number of imidazole rings is 1. The molecule has 2 aromatic heterocycles. The Hall–Kier alpha value is -1.29. The molecule has 1 aromatic carbocycles. The highest BCUT2D eigenvalue weighted by Crippen LogP contribution is 2.29. The van der Waals surface area contributed by atoms with Gasteiger partial charge in [-0.05, 0) is 29.6 Å². The standard InChI is InChI=1S/C14H10Cl2N2S/c15-9-3-4-11(12(16)6-9)13-8-17-14(18-13)7-10-2-1-5-19-10/h1-6,8H,7H2,(H,17,18). The van der Waals surface area contributed by atoms with Crippen LogP contribution in [0.2, 0.25) is 10.0 Å². The summed E-state index contributed by atoms with van der Waals surface area (Å²) in [4.78, 5) is 8.97. The molecular weight excluding hydrogens is 299 g/mol. The SMILES string of the molecule is Clc1ccc(-c2cnc(Cc3cccs3)[nH]2)c(Cl)c1. The number of halogens is 2. The van der Waals surface area contributed by atoms with Crippen molar-refractivity contribution in [3.05, 3.63) is 62.7 Å². The maximum absolute atomic E-state index is 6.19. The molecule has 5 heteroatoms. The number of hydrogen-bond donors (Lipinski definition) is 1. The summed E-state index contributed by atoms with van der Waals surface area (Å²) in [6, 6.07) is 9.59. The molecule has 19 heavy (non-hydrogen) atoms. The van der Waals surface area contributed by atoms with Crippen LogP contribution in [-0.2, 0) is 6.42 Å². The first-order valence-electron chi connectivity index (χ1n) is 5.74. The summed E-state index contributed by atoms with van der Waals surface area (Å²) < 4.78 is 0. The molecule has 1 N–H and O–H groups in total. The van der Waals surface area contributed by atoms with Crippen LogP contribution in [0.15, 0.2) is 41.9 Å². The first-order valence-corrected chi connectivity index (χ1v) is 7.37. The second-order valence-corrected chi connectivity index (χ2v) is 6.00. The van der Waals surface area contributed by atoms with Crippen LogP contribution in [0.5, 0.6) is 0 Å². The highest BCUT2D eigenvalue weighted by molar-refractivity contribution is 7.09. The van der Waals surface area contributed by atoms with Gasteiger partial charge in [0.15, 0.2) is 0 Å². The molecule has 0 aliphatic carbocycles. The molecule has 0 bridgehead atoms. The molecule has 3 rings (SSSR count). The van der Waals surface area contributed by atoms with Crippen LogP contribution in [0, 0.1) is 0 Å². The van der Waals surface area contributed by atoms with E-state index < -0.39 is 0 Å². The Morgan fingerprint density at radius 2 is 2.11 bits per heavy atom. The fourth-order valence-electron chi connectivity index (χ4n) is 1.88. The summed E-state index contributed by atoms with van der Waals surface area (Å²) in [5.41, 5.74) is 1.82. The van der Waals surface area contributed by atoms with Crippen molar-refractivity contribution < 1.29 is 0 Å². The van der Waals surface area contributed by atoms with Gasteiger partial charge >= 0.3 is 0 Å². The van der Waals surface area contributed by atoms with Gasteiger partial charge in [0.2, 0.25) is 0 Å². The van der Waals surface area contributed by atoms with Gasteiger partial charge in [-0.15, -0.1) is 11.3 Å². The van der Waals surface area contributed by atoms with Gasteiger partial charge in [-0.1, -0.05) is 29.3 Å².